The van der Waals surface area contributed by atoms with Crippen molar-refractivity contribution in [1.82, 2.24) is 4.90 Å². The topological polar surface area (TPSA) is 12.5 Å². The van der Waals surface area contributed by atoms with Crippen LogP contribution in [0.2, 0.25) is 0 Å². The van der Waals surface area contributed by atoms with E-state index in [1.807, 2.05) is 0 Å². The maximum atomic E-state index is 6.01. The Bertz CT molecular complexity index is 1160. The molecule has 0 spiro atoms. The number of likely N-dealkylation sites (N-methyl/N-ethyl adjacent to an activating group) is 1. The lowest BCUT2D eigenvalue weighted by atomic mass is 9.86. The standard InChI is InChI=1S/C42H62NOP/c1-4-5-6-7-13-22-35-45-36-23-14-11-9-8-10-12-21-28-41(37-24-17-15-18-25-37)42(38-26-19-16-20-27-38)39-29-31-40(32-30-39)44-34-33-43(2)3/h15-20,24-27,29-32,45H,4-14,21-23,28,33-36H2,1-3H3/p+1/b42-41-. The van der Waals surface area contributed by atoms with Gasteiger partial charge < -0.3 is 9.64 Å². The Morgan fingerprint density at radius 1 is 0.556 bits per heavy atom. The van der Waals surface area contributed by atoms with Gasteiger partial charge in [-0.05, 0) is 101 Å². The number of unbranched alkanes of at least 4 members (excludes halogenated alkanes) is 12. The number of hydrogen-bond donors (Lipinski definition) is 0. The van der Waals surface area contributed by atoms with Crippen molar-refractivity contribution in [3.05, 3.63) is 102 Å². The summed E-state index contributed by atoms with van der Waals surface area (Å²) in [5, 5.41) is 0. The van der Waals surface area contributed by atoms with E-state index in [1.54, 1.807) is 0 Å². The largest absolute Gasteiger partial charge is 0.492 e. The third-order valence-electron chi connectivity index (χ3n) is 8.78. The Morgan fingerprint density at radius 3 is 1.60 bits per heavy atom. The van der Waals surface area contributed by atoms with Gasteiger partial charge in [0, 0.05) is 6.54 Å². The molecule has 0 bridgehead atoms. The Kier molecular flexibility index (Phi) is 19.6. The zero-order chi connectivity index (χ0) is 31.8. The number of allylic oxidation sites excluding steroid dienone is 1. The Labute approximate surface area is 278 Å². The van der Waals surface area contributed by atoms with Gasteiger partial charge in [-0.1, -0.05) is 138 Å². The van der Waals surface area contributed by atoms with Crippen LogP contribution in [0.15, 0.2) is 84.9 Å². The molecule has 3 aromatic carbocycles. The van der Waals surface area contributed by atoms with Crippen LogP contribution in [0.4, 0.5) is 0 Å². The van der Waals surface area contributed by atoms with Crippen LogP contribution in [0.25, 0.3) is 11.1 Å². The molecule has 0 N–H and O–H groups in total. The molecular formula is C42H63NOP+. The van der Waals surface area contributed by atoms with E-state index in [1.165, 1.54) is 130 Å². The van der Waals surface area contributed by atoms with Gasteiger partial charge in [0.25, 0.3) is 0 Å². The molecule has 3 rings (SSSR count). The molecule has 1 atom stereocenters. The van der Waals surface area contributed by atoms with Crippen molar-refractivity contribution in [2.75, 3.05) is 39.6 Å². The highest BCUT2D eigenvalue weighted by Crippen LogP contribution is 2.36. The maximum Gasteiger partial charge on any atom is 0.119 e. The van der Waals surface area contributed by atoms with Gasteiger partial charge in [0.2, 0.25) is 0 Å². The Balaban J connectivity index is 1.49. The van der Waals surface area contributed by atoms with Crippen molar-refractivity contribution in [3.63, 3.8) is 0 Å². The van der Waals surface area contributed by atoms with Gasteiger partial charge in [-0.15, -0.1) is 0 Å². The van der Waals surface area contributed by atoms with Crippen LogP contribution in [-0.2, 0) is 0 Å². The van der Waals surface area contributed by atoms with Gasteiger partial charge in [-0.3, -0.25) is 0 Å². The van der Waals surface area contributed by atoms with Crippen molar-refractivity contribution in [2.45, 2.75) is 103 Å². The summed E-state index contributed by atoms with van der Waals surface area (Å²) in [6.45, 7) is 3.91. The molecule has 0 aliphatic rings. The van der Waals surface area contributed by atoms with E-state index in [4.69, 9.17) is 4.74 Å². The Hall–Kier alpha value is -2.41. The molecule has 0 radical (unpaired) electrons. The normalized spacial score (nSPS) is 12.3. The summed E-state index contributed by atoms with van der Waals surface area (Å²) in [5.41, 5.74) is 6.67. The van der Waals surface area contributed by atoms with Crippen molar-refractivity contribution in [3.8, 4) is 5.75 Å². The number of nitrogens with zero attached hydrogens (tertiary/aromatic N) is 1. The van der Waals surface area contributed by atoms with E-state index in [0.29, 0.717) is 15.2 Å². The first-order valence-corrected chi connectivity index (χ1v) is 19.9. The van der Waals surface area contributed by atoms with Crippen molar-refractivity contribution >= 4 is 19.7 Å². The molecule has 0 fully saturated rings. The van der Waals surface area contributed by atoms with Crippen LogP contribution in [0.5, 0.6) is 5.75 Å². The van der Waals surface area contributed by atoms with Gasteiger partial charge in [-0.2, -0.15) is 0 Å². The summed E-state index contributed by atoms with van der Waals surface area (Å²) in [4.78, 5) is 2.15. The highest BCUT2D eigenvalue weighted by atomic mass is 31.1. The summed E-state index contributed by atoms with van der Waals surface area (Å²) in [6.07, 6.45) is 23.9. The molecule has 0 heterocycles. The van der Waals surface area contributed by atoms with Crippen molar-refractivity contribution < 1.29 is 4.74 Å². The lowest BCUT2D eigenvalue weighted by Gasteiger charge is -2.18. The van der Waals surface area contributed by atoms with E-state index in [-0.39, 0.29) is 0 Å². The molecule has 3 aromatic rings. The zero-order valence-corrected chi connectivity index (χ0v) is 30.1. The summed E-state index contributed by atoms with van der Waals surface area (Å²) in [7, 11) is 4.87. The van der Waals surface area contributed by atoms with Gasteiger partial charge in [0.1, 0.15) is 12.4 Å². The fraction of sp³-hybridized carbons (Fsp3) is 0.524. The molecule has 0 saturated carbocycles. The number of hydrogen-bond acceptors (Lipinski definition) is 2. The van der Waals surface area contributed by atoms with Crippen molar-refractivity contribution in [1.29, 1.82) is 0 Å². The van der Waals surface area contributed by atoms with Gasteiger partial charge >= 0.3 is 0 Å². The third kappa shape index (κ3) is 15.6. The first kappa shape index (κ1) is 37.1. The summed E-state index contributed by atoms with van der Waals surface area (Å²) >= 11 is 0. The molecule has 246 valence electrons. The van der Waals surface area contributed by atoms with E-state index in [2.05, 4.69) is 111 Å². The van der Waals surface area contributed by atoms with Crippen LogP contribution in [0.1, 0.15) is 120 Å². The summed E-state index contributed by atoms with van der Waals surface area (Å²) < 4.78 is 6.01. The minimum absolute atomic E-state index is 0.698. The maximum absolute atomic E-state index is 6.01. The summed E-state index contributed by atoms with van der Waals surface area (Å²) in [6, 6.07) is 30.7. The first-order valence-electron chi connectivity index (χ1n) is 18.2. The smallest absolute Gasteiger partial charge is 0.119 e. The van der Waals surface area contributed by atoms with Gasteiger partial charge in [0.15, 0.2) is 0 Å². The third-order valence-corrected chi connectivity index (χ3v) is 10.4. The fourth-order valence-corrected chi connectivity index (χ4v) is 7.54. The zero-order valence-electron chi connectivity index (χ0n) is 29.0. The lowest BCUT2D eigenvalue weighted by Crippen LogP contribution is -2.19. The van der Waals surface area contributed by atoms with E-state index < -0.39 is 0 Å². The van der Waals surface area contributed by atoms with Gasteiger partial charge in [-0.25, -0.2) is 0 Å². The first-order chi connectivity index (χ1) is 22.2. The van der Waals surface area contributed by atoms with Crippen LogP contribution in [-0.4, -0.2) is 44.5 Å². The fourth-order valence-electron chi connectivity index (χ4n) is 6.10. The quantitative estimate of drug-likeness (QED) is 0.0526. The molecule has 0 aliphatic heterocycles. The highest BCUT2D eigenvalue weighted by molar-refractivity contribution is 7.37. The molecule has 3 heteroatoms. The van der Waals surface area contributed by atoms with E-state index in [9.17, 15) is 0 Å². The average molecular weight is 629 g/mol. The summed E-state index contributed by atoms with van der Waals surface area (Å²) in [5.74, 6) is 0.934. The number of benzene rings is 3. The Morgan fingerprint density at radius 2 is 1.04 bits per heavy atom. The van der Waals surface area contributed by atoms with Crippen LogP contribution in [0, 0.1) is 0 Å². The molecule has 0 aliphatic carbocycles. The predicted molar refractivity (Wildman–Crippen MR) is 204 cm³/mol. The minimum atomic E-state index is 0.698. The van der Waals surface area contributed by atoms with Crippen molar-refractivity contribution in [2.24, 2.45) is 0 Å². The average Bonchev–Trinajstić information content (AvgIpc) is 3.07. The molecule has 1 unspecified atom stereocenters. The minimum Gasteiger partial charge on any atom is -0.492 e. The van der Waals surface area contributed by atoms with Crippen LogP contribution < -0.4 is 4.74 Å². The monoisotopic (exact) mass is 628 g/mol. The van der Waals surface area contributed by atoms with E-state index >= 15 is 0 Å². The van der Waals surface area contributed by atoms with Crippen LogP contribution >= 0.6 is 8.58 Å². The molecule has 2 nitrogen and oxygen atoms in total. The molecule has 0 aromatic heterocycles. The molecule has 45 heavy (non-hydrogen) atoms. The molecular weight excluding hydrogens is 565 g/mol. The molecule has 0 saturated heterocycles. The van der Waals surface area contributed by atoms with Gasteiger partial charge in [0.05, 0.1) is 12.3 Å². The second-order valence-electron chi connectivity index (χ2n) is 13.0. The predicted octanol–water partition coefficient (Wildman–Crippen LogP) is 11.9. The second-order valence-corrected chi connectivity index (χ2v) is 14.7. The number of ether oxygens (including phenoxy) is 1. The highest BCUT2D eigenvalue weighted by Gasteiger charge is 2.14. The van der Waals surface area contributed by atoms with Crippen LogP contribution in [0.3, 0.4) is 0 Å². The second kappa shape index (κ2) is 23.9. The van der Waals surface area contributed by atoms with E-state index in [0.717, 1.165) is 18.7 Å². The lowest BCUT2D eigenvalue weighted by molar-refractivity contribution is 0.261. The number of rotatable bonds is 25. The molecule has 0 amide bonds. The SMILES string of the molecule is CCCCCCCC[PH2+]CCCCCCCCCC/C(=C(\c1ccccc1)c1ccc(OCCN(C)C)cc1)c1ccccc1.